The lowest BCUT2D eigenvalue weighted by atomic mass is 10.1. The Bertz CT molecular complexity index is 725. The fourth-order valence-corrected chi connectivity index (χ4v) is 2.78. The SMILES string of the molecule is NCC(=O)N[C@H](CCCN=C(N)N)C(=O)N[C@H](CS)C(=O)N[C@@H](CCCN=C(N)N)C(=O)O. The maximum absolute atomic E-state index is 12.7. The van der Waals surface area contributed by atoms with Crippen molar-refractivity contribution in [3.05, 3.63) is 0 Å². The molecule has 0 bridgehead atoms. The minimum absolute atomic E-state index is 0.0606. The summed E-state index contributed by atoms with van der Waals surface area (Å²) in [4.78, 5) is 55.9. The second kappa shape index (κ2) is 16.4. The minimum Gasteiger partial charge on any atom is -0.480 e. The van der Waals surface area contributed by atoms with Crippen LogP contribution in [-0.4, -0.2) is 84.2 Å². The highest BCUT2D eigenvalue weighted by Gasteiger charge is 2.28. The number of carboxylic acid groups (broad SMARTS) is 1. The molecule has 0 aromatic heterocycles. The lowest BCUT2D eigenvalue weighted by molar-refractivity contribution is -0.142. The van der Waals surface area contributed by atoms with Crippen LogP contribution in [0.5, 0.6) is 0 Å². The molecule has 0 aromatic carbocycles. The van der Waals surface area contributed by atoms with E-state index in [2.05, 4.69) is 38.6 Å². The molecule has 0 unspecified atom stereocenters. The van der Waals surface area contributed by atoms with Crippen molar-refractivity contribution in [3.63, 3.8) is 0 Å². The maximum atomic E-state index is 12.7. The molecule has 15 nitrogen and oxygen atoms in total. The first kappa shape index (κ1) is 29.7. The quantitative estimate of drug-likeness (QED) is 0.0428. The van der Waals surface area contributed by atoms with Crippen LogP contribution < -0.4 is 44.6 Å². The third kappa shape index (κ3) is 13.7. The molecule has 188 valence electrons. The third-order valence-corrected chi connectivity index (χ3v) is 4.52. The summed E-state index contributed by atoms with van der Waals surface area (Å²) in [6, 6.07) is -3.39. The van der Waals surface area contributed by atoms with Gasteiger partial charge in [-0.2, -0.15) is 12.6 Å². The Morgan fingerprint density at radius 1 is 0.788 bits per heavy atom. The number of carbonyl (C=O) groups is 4. The molecular formula is C17H34N10O5S. The first-order valence-electron chi connectivity index (χ1n) is 10.1. The number of aliphatic carboxylic acids is 1. The number of nitrogens with zero attached hydrogens (tertiary/aromatic N) is 2. The number of amides is 3. The summed E-state index contributed by atoms with van der Waals surface area (Å²) in [7, 11) is 0. The summed E-state index contributed by atoms with van der Waals surface area (Å²) >= 11 is 4.06. The van der Waals surface area contributed by atoms with E-state index < -0.39 is 41.8 Å². The standard InChI is InChI=1S/C17H34N10O5S/c18-7-12(28)25-9(3-1-5-23-16(19)20)13(29)27-11(8-33)14(30)26-10(15(31)32)4-2-6-24-17(21)22/h9-11,33H,1-8,18H2,(H,25,28)(H,26,30)(H,27,29)(H,31,32)(H4,19,20,23)(H4,21,22,24)/t9-,10+,11-/m1/s1. The van der Waals surface area contributed by atoms with E-state index >= 15 is 0 Å². The number of guanidine groups is 2. The van der Waals surface area contributed by atoms with Gasteiger partial charge < -0.3 is 49.7 Å². The molecule has 0 saturated carbocycles. The fraction of sp³-hybridized carbons (Fsp3) is 0.647. The Morgan fingerprint density at radius 2 is 1.24 bits per heavy atom. The van der Waals surface area contributed by atoms with Crippen LogP contribution in [0.4, 0.5) is 0 Å². The van der Waals surface area contributed by atoms with E-state index in [9.17, 15) is 24.3 Å². The van der Waals surface area contributed by atoms with E-state index in [1.165, 1.54) is 0 Å². The third-order valence-electron chi connectivity index (χ3n) is 4.16. The Morgan fingerprint density at radius 3 is 1.67 bits per heavy atom. The van der Waals surface area contributed by atoms with E-state index in [1.54, 1.807) is 0 Å². The summed E-state index contributed by atoms with van der Waals surface area (Å²) in [5.74, 6) is -3.62. The Kier molecular flexibility index (Phi) is 14.8. The molecule has 0 rings (SSSR count). The van der Waals surface area contributed by atoms with Crippen molar-refractivity contribution in [2.45, 2.75) is 43.8 Å². The van der Waals surface area contributed by atoms with Gasteiger partial charge in [-0.05, 0) is 25.7 Å². The van der Waals surface area contributed by atoms with Gasteiger partial charge >= 0.3 is 5.97 Å². The van der Waals surface area contributed by atoms with Crippen LogP contribution in [0.25, 0.3) is 0 Å². The van der Waals surface area contributed by atoms with Crippen molar-refractivity contribution in [1.29, 1.82) is 0 Å². The van der Waals surface area contributed by atoms with Crippen molar-refractivity contribution in [3.8, 4) is 0 Å². The predicted octanol–water partition coefficient (Wildman–Crippen LogP) is -4.48. The van der Waals surface area contributed by atoms with Gasteiger partial charge in [0.1, 0.15) is 18.1 Å². The highest BCUT2D eigenvalue weighted by atomic mass is 32.1. The highest BCUT2D eigenvalue weighted by Crippen LogP contribution is 2.03. The van der Waals surface area contributed by atoms with E-state index in [1.807, 2.05) is 0 Å². The van der Waals surface area contributed by atoms with Gasteiger partial charge in [-0.15, -0.1) is 0 Å². The molecule has 33 heavy (non-hydrogen) atoms. The van der Waals surface area contributed by atoms with E-state index in [4.69, 9.17) is 28.7 Å². The summed E-state index contributed by atoms with van der Waals surface area (Å²) in [6.07, 6.45) is 0.883. The number of hydrogen-bond acceptors (Lipinski definition) is 8. The van der Waals surface area contributed by atoms with Gasteiger partial charge in [0.25, 0.3) is 0 Å². The van der Waals surface area contributed by atoms with Crippen LogP contribution in [0.3, 0.4) is 0 Å². The van der Waals surface area contributed by atoms with Gasteiger partial charge in [0.15, 0.2) is 11.9 Å². The van der Waals surface area contributed by atoms with Crippen LogP contribution in [0.1, 0.15) is 25.7 Å². The summed E-state index contributed by atoms with van der Waals surface area (Å²) in [6.45, 7) is 0.0760. The van der Waals surface area contributed by atoms with Crippen LogP contribution >= 0.6 is 12.6 Å². The number of carboxylic acids is 1. The molecule has 0 aliphatic heterocycles. The molecule has 14 N–H and O–H groups in total. The average Bonchev–Trinajstić information content (AvgIpc) is 2.74. The van der Waals surface area contributed by atoms with Crippen molar-refractivity contribution in [2.24, 2.45) is 38.7 Å². The largest absolute Gasteiger partial charge is 0.480 e. The second-order valence-electron chi connectivity index (χ2n) is 6.87. The first-order chi connectivity index (χ1) is 15.5. The van der Waals surface area contributed by atoms with Crippen LogP contribution in [0.2, 0.25) is 0 Å². The molecule has 0 aromatic rings. The summed E-state index contributed by atoms with van der Waals surface area (Å²) in [5, 5.41) is 16.6. The zero-order valence-corrected chi connectivity index (χ0v) is 19.1. The van der Waals surface area contributed by atoms with Crippen LogP contribution in [0, 0.1) is 0 Å². The Hall–Kier alpha value is -3.27. The smallest absolute Gasteiger partial charge is 0.326 e. The van der Waals surface area contributed by atoms with Crippen LogP contribution in [-0.2, 0) is 19.2 Å². The molecule has 0 saturated heterocycles. The topological polar surface area (TPSA) is 279 Å². The van der Waals surface area contributed by atoms with Crippen molar-refractivity contribution in [1.82, 2.24) is 16.0 Å². The predicted molar refractivity (Wildman–Crippen MR) is 126 cm³/mol. The lowest BCUT2D eigenvalue weighted by Gasteiger charge is -2.23. The van der Waals surface area contributed by atoms with Gasteiger partial charge in [0, 0.05) is 18.8 Å². The van der Waals surface area contributed by atoms with Gasteiger partial charge in [-0.1, -0.05) is 0 Å². The van der Waals surface area contributed by atoms with E-state index in [0.29, 0.717) is 12.8 Å². The zero-order valence-electron chi connectivity index (χ0n) is 18.2. The molecule has 0 heterocycles. The molecule has 3 atom stereocenters. The van der Waals surface area contributed by atoms with Gasteiger partial charge in [0.05, 0.1) is 6.54 Å². The average molecular weight is 491 g/mol. The number of nitrogens with two attached hydrogens (primary N) is 5. The van der Waals surface area contributed by atoms with Gasteiger partial charge in [-0.3, -0.25) is 24.4 Å². The zero-order chi connectivity index (χ0) is 25.4. The van der Waals surface area contributed by atoms with Crippen molar-refractivity contribution in [2.75, 3.05) is 25.4 Å². The number of hydrogen-bond donors (Lipinski definition) is 10. The highest BCUT2D eigenvalue weighted by molar-refractivity contribution is 7.80. The molecule has 0 fully saturated rings. The van der Waals surface area contributed by atoms with Gasteiger partial charge in [-0.25, -0.2) is 4.79 Å². The lowest BCUT2D eigenvalue weighted by Crippen LogP contribution is -2.56. The number of rotatable bonds is 16. The number of aliphatic imine (C=N–C) groups is 2. The summed E-state index contributed by atoms with van der Waals surface area (Å²) < 4.78 is 0. The number of nitrogens with one attached hydrogen (secondary N) is 3. The molecule has 0 radical (unpaired) electrons. The van der Waals surface area contributed by atoms with Crippen molar-refractivity contribution >= 4 is 48.2 Å². The molecular weight excluding hydrogens is 456 g/mol. The summed E-state index contributed by atoms with van der Waals surface area (Å²) in [5.41, 5.74) is 26.2. The van der Waals surface area contributed by atoms with E-state index in [-0.39, 0.29) is 50.1 Å². The minimum atomic E-state index is -1.26. The molecule has 3 amide bonds. The second-order valence-corrected chi connectivity index (χ2v) is 7.23. The maximum Gasteiger partial charge on any atom is 0.326 e. The van der Waals surface area contributed by atoms with E-state index in [0.717, 1.165) is 0 Å². The number of thiol groups is 1. The normalized spacial score (nSPS) is 13.0. The van der Waals surface area contributed by atoms with Crippen LogP contribution in [0.15, 0.2) is 9.98 Å². The Balaban J connectivity index is 5.07. The molecule has 0 aliphatic carbocycles. The number of carbonyl (C=O) groups excluding carboxylic acids is 3. The molecule has 16 heteroatoms. The Labute approximate surface area is 196 Å². The molecule has 0 aliphatic rings. The fourth-order valence-electron chi connectivity index (χ4n) is 2.53. The monoisotopic (exact) mass is 490 g/mol. The molecule has 0 spiro atoms. The van der Waals surface area contributed by atoms with Gasteiger partial charge in [0.2, 0.25) is 17.7 Å². The van der Waals surface area contributed by atoms with Crippen molar-refractivity contribution < 1.29 is 24.3 Å². The first-order valence-corrected chi connectivity index (χ1v) is 10.7.